The number of aliphatic hydroxyl groups is 2. The molecule has 0 rings (SSSR count). The van der Waals surface area contributed by atoms with Crippen LogP contribution in [-0.4, -0.2) is 47.4 Å². The van der Waals surface area contributed by atoms with Gasteiger partial charge in [0.1, 0.15) is 0 Å². The number of aliphatic hydroxyl groups excluding tert-OH is 2. The summed E-state index contributed by atoms with van der Waals surface area (Å²) in [6.07, 6.45) is 70.6. The molecule has 402 valence electrons. The fraction of sp³-hybridized carbons (Fsp3) is 0.903. The van der Waals surface area contributed by atoms with Crippen LogP contribution in [0.25, 0.3) is 0 Å². The lowest BCUT2D eigenvalue weighted by atomic mass is 10.0. The van der Waals surface area contributed by atoms with Crippen molar-refractivity contribution in [2.75, 3.05) is 13.2 Å². The zero-order valence-electron chi connectivity index (χ0n) is 45.9. The highest BCUT2D eigenvalue weighted by Crippen LogP contribution is 2.17. The van der Waals surface area contributed by atoms with Crippen LogP contribution in [0.3, 0.4) is 0 Å². The number of rotatable bonds is 57. The maximum atomic E-state index is 12.5. The average molecular weight is 959 g/mol. The summed E-state index contributed by atoms with van der Waals surface area (Å²) < 4.78 is 5.48. The van der Waals surface area contributed by atoms with Gasteiger partial charge in [-0.2, -0.15) is 0 Å². The van der Waals surface area contributed by atoms with Gasteiger partial charge in [0.05, 0.1) is 25.4 Å². The van der Waals surface area contributed by atoms with Crippen LogP contribution in [0.1, 0.15) is 335 Å². The van der Waals surface area contributed by atoms with Crippen LogP contribution in [0.15, 0.2) is 24.3 Å². The van der Waals surface area contributed by atoms with E-state index in [9.17, 15) is 19.8 Å². The molecule has 1 amide bonds. The van der Waals surface area contributed by atoms with Crippen molar-refractivity contribution in [3.05, 3.63) is 24.3 Å². The van der Waals surface area contributed by atoms with E-state index < -0.39 is 12.1 Å². The number of carbonyl (C=O) groups excluding carboxylic acids is 2. The molecule has 0 aromatic carbocycles. The van der Waals surface area contributed by atoms with Crippen LogP contribution in [0, 0.1) is 0 Å². The lowest BCUT2D eigenvalue weighted by Gasteiger charge is -2.20. The number of allylic oxidation sites excluding steroid dienone is 3. The van der Waals surface area contributed by atoms with Gasteiger partial charge >= 0.3 is 5.97 Å². The van der Waals surface area contributed by atoms with E-state index in [1.165, 1.54) is 250 Å². The predicted octanol–water partition coefficient (Wildman–Crippen LogP) is 19.0. The van der Waals surface area contributed by atoms with E-state index in [1.807, 2.05) is 6.08 Å². The van der Waals surface area contributed by atoms with Crippen LogP contribution in [0.5, 0.6) is 0 Å². The number of carbonyl (C=O) groups is 2. The summed E-state index contributed by atoms with van der Waals surface area (Å²) in [6, 6.07) is -0.638. The Labute approximate surface area is 424 Å². The van der Waals surface area contributed by atoms with Crippen molar-refractivity contribution in [2.45, 2.75) is 347 Å². The summed E-state index contributed by atoms with van der Waals surface area (Å²) in [4.78, 5) is 24.5. The first-order valence-corrected chi connectivity index (χ1v) is 30.6. The molecule has 0 aliphatic carbocycles. The molecule has 6 nitrogen and oxygen atoms in total. The monoisotopic (exact) mass is 958 g/mol. The van der Waals surface area contributed by atoms with E-state index in [-0.39, 0.29) is 18.5 Å². The molecule has 0 aromatic rings. The van der Waals surface area contributed by atoms with E-state index in [0.717, 1.165) is 57.8 Å². The summed E-state index contributed by atoms with van der Waals surface area (Å²) in [7, 11) is 0. The largest absolute Gasteiger partial charge is 0.466 e. The summed E-state index contributed by atoms with van der Waals surface area (Å²) in [5, 5.41) is 23.1. The minimum Gasteiger partial charge on any atom is -0.466 e. The normalized spacial score (nSPS) is 12.7. The molecular formula is C62H119NO5. The Morgan fingerprint density at radius 2 is 0.691 bits per heavy atom. The van der Waals surface area contributed by atoms with E-state index in [2.05, 4.69) is 31.3 Å². The van der Waals surface area contributed by atoms with Crippen molar-refractivity contribution in [2.24, 2.45) is 0 Å². The zero-order chi connectivity index (χ0) is 49.3. The molecule has 0 bridgehead atoms. The molecule has 0 saturated carbocycles. The highest BCUT2D eigenvalue weighted by atomic mass is 16.5. The number of hydrogen-bond donors (Lipinski definition) is 3. The minimum absolute atomic E-state index is 0.00540. The molecule has 0 aliphatic heterocycles. The van der Waals surface area contributed by atoms with E-state index in [1.54, 1.807) is 6.08 Å². The van der Waals surface area contributed by atoms with Crippen molar-refractivity contribution in [1.82, 2.24) is 5.32 Å². The summed E-state index contributed by atoms with van der Waals surface area (Å²) in [5.41, 5.74) is 0. The lowest BCUT2D eigenvalue weighted by Crippen LogP contribution is -2.45. The fourth-order valence-electron chi connectivity index (χ4n) is 9.51. The van der Waals surface area contributed by atoms with Gasteiger partial charge in [0, 0.05) is 12.8 Å². The third kappa shape index (κ3) is 53.7. The van der Waals surface area contributed by atoms with E-state index in [4.69, 9.17) is 4.74 Å². The van der Waals surface area contributed by atoms with Crippen LogP contribution in [-0.2, 0) is 14.3 Å². The Balaban J connectivity index is 3.47. The summed E-state index contributed by atoms with van der Waals surface area (Å²) in [6.45, 7) is 4.91. The highest BCUT2D eigenvalue weighted by molar-refractivity contribution is 5.76. The minimum atomic E-state index is -0.853. The van der Waals surface area contributed by atoms with Crippen molar-refractivity contribution in [1.29, 1.82) is 0 Å². The van der Waals surface area contributed by atoms with Crippen LogP contribution >= 0.6 is 0 Å². The van der Waals surface area contributed by atoms with Gasteiger partial charge in [-0.1, -0.05) is 289 Å². The SMILES string of the molecule is CCCCCCCCCCCCCCCCCC/C=C/C(O)C(CO)NC(=O)CCCCCCC/C=C\CCCCCCCCCCCOC(=O)CCCCCCCCCCCCCCCCC. The smallest absolute Gasteiger partial charge is 0.305 e. The van der Waals surface area contributed by atoms with Crippen LogP contribution in [0.2, 0.25) is 0 Å². The van der Waals surface area contributed by atoms with Crippen LogP contribution in [0.4, 0.5) is 0 Å². The molecule has 2 unspecified atom stereocenters. The molecule has 0 aliphatic rings. The van der Waals surface area contributed by atoms with Crippen molar-refractivity contribution >= 4 is 11.9 Å². The molecular weight excluding hydrogens is 839 g/mol. The highest BCUT2D eigenvalue weighted by Gasteiger charge is 2.18. The number of unbranched alkanes of at least 4 members (excludes halogenated alkanes) is 44. The number of amides is 1. The van der Waals surface area contributed by atoms with E-state index >= 15 is 0 Å². The third-order valence-electron chi connectivity index (χ3n) is 14.2. The Kier molecular flexibility index (Phi) is 56.5. The zero-order valence-corrected chi connectivity index (χ0v) is 45.9. The molecule has 0 saturated heterocycles. The molecule has 3 N–H and O–H groups in total. The summed E-state index contributed by atoms with van der Waals surface area (Å²) in [5.74, 6) is -0.0745. The molecule has 0 aromatic heterocycles. The second-order valence-electron chi connectivity index (χ2n) is 21.0. The first-order chi connectivity index (χ1) is 33.5. The number of ether oxygens (including phenoxy) is 1. The van der Waals surface area contributed by atoms with Gasteiger partial charge in [-0.15, -0.1) is 0 Å². The maximum Gasteiger partial charge on any atom is 0.305 e. The quantitative estimate of drug-likeness (QED) is 0.0321. The molecule has 0 fully saturated rings. The van der Waals surface area contributed by atoms with Gasteiger partial charge in [-0.05, 0) is 57.8 Å². The number of hydrogen-bond acceptors (Lipinski definition) is 5. The van der Waals surface area contributed by atoms with Crippen molar-refractivity contribution in [3.63, 3.8) is 0 Å². The Bertz CT molecular complexity index is 1060. The van der Waals surface area contributed by atoms with E-state index in [0.29, 0.717) is 19.4 Å². The Hall–Kier alpha value is -1.66. The lowest BCUT2D eigenvalue weighted by molar-refractivity contribution is -0.143. The fourth-order valence-corrected chi connectivity index (χ4v) is 9.51. The number of nitrogens with one attached hydrogen (secondary N) is 1. The van der Waals surface area contributed by atoms with Gasteiger partial charge in [0.25, 0.3) is 0 Å². The second kappa shape index (κ2) is 57.9. The molecule has 6 heteroatoms. The second-order valence-corrected chi connectivity index (χ2v) is 21.0. The molecule has 68 heavy (non-hydrogen) atoms. The van der Waals surface area contributed by atoms with Gasteiger partial charge in [-0.3, -0.25) is 9.59 Å². The van der Waals surface area contributed by atoms with Crippen molar-refractivity contribution in [3.8, 4) is 0 Å². The third-order valence-corrected chi connectivity index (χ3v) is 14.2. The summed E-state index contributed by atoms with van der Waals surface area (Å²) >= 11 is 0. The van der Waals surface area contributed by atoms with Crippen molar-refractivity contribution < 1.29 is 24.5 Å². The molecule has 0 spiro atoms. The molecule has 0 radical (unpaired) electrons. The van der Waals surface area contributed by atoms with Gasteiger partial charge < -0.3 is 20.3 Å². The molecule has 2 atom stereocenters. The average Bonchev–Trinajstić information content (AvgIpc) is 3.34. The van der Waals surface area contributed by atoms with Gasteiger partial charge in [-0.25, -0.2) is 0 Å². The molecule has 0 heterocycles. The predicted molar refractivity (Wildman–Crippen MR) is 296 cm³/mol. The van der Waals surface area contributed by atoms with Gasteiger partial charge in [0.15, 0.2) is 0 Å². The van der Waals surface area contributed by atoms with Gasteiger partial charge in [0.2, 0.25) is 5.91 Å². The maximum absolute atomic E-state index is 12.5. The van der Waals surface area contributed by atoms with Crippen LogP contribution < -0.4 is 5.32 Å². The Morgan fingerprint density at radius 1 is 0.397 bits per heavy atom. The standard InChI is InChI=1S/C62H119NO5/c1-3-5-7-9-11-13-15-17-19-20-23-27-30-34-38-42-46-50-54-60(65)59(58-64)63-61(66)55-51-47-43-39-35-31-28-24-21-22-25-29-33-37-41-45-49-53-57-68-62(67)56-52-48-44-40-36-32-26-18-16-14-12-10-8-6-4-2/h24,28,50,54,59-60,64-65H,3-23,25-27,29-49,51-53,55-58H2,1-2H3,(H,63,66)/b28-24-,54-50+. The number of esters is 1. The first kappa shape index (κ1) is 66.3. The Morgan fingerprint density at radius 3 is 1.04 bits per heavy atom. The topological polar surface area (TPSA) is 95.9 Å². The first-order valence-electron chi connectivity index (χ1n) is 30.6.